The van der Waals surface area contributed by atoms with Gasteiger partial charge in [-0.25, -0.2) is 13.4 Å². The standard InChI is InChI=1S/C7H11NO2S2/c1-5(2)6-7(8-4-11-6)12(3,9)10/h4-5H,1-3H3. The highest BCUT2D eigenvalue weighted by atomic mass is 32.2. The van der Waals surface area contributed by atoms with Crippen LogP contribution in [-0.2, 0) is 9.84 Å². The summed E-state index contributed by atoms with van der Waals surface area (Å²) in [7, 11) is -3.14. The lowest BCUT2D eigenvalue weighted by Gasteiger charge is -2.02. The normalized spacial score (nSPS) is 12.3. The molecule has 0 aliphatic heterocycles. The highest BCUT2D eigenvalue weighted by molar-refractivity contribution is 7.90. The molecule has 0 N–H and O–H groups in total. The molecule has 1 rings (SSSR count). The average molecular weight is 205 g/mol. The van der Waals surface area contributed by atoms with E-state index in [1.54, 1.807) is 5.51 Å². The van der Waals surface area contributed by atoms with Gasteiger partial charge in [-0.15, -0.1) is 11.3 Å². The van der Waals surface area contributed by atoms with Crippen LogP contribution in [0.1, 0.15) is 24.6 Å². The molecule has 1 aromatic rings. The number of hydrogen-bond acceptors (Lipinski definition) is 4. The van der Waals surface area contributed by atoms with Crippen LogP contribution < -0.4 is 0 Å². The third-order valence-electron chi connectivity index (χ3n) is 1.44. The molecule has 3 nitrogen and oxygen atoms in total. The zero-order valence-corrected chi connectivity index (χ0v) is 8.87. The lowest BCUT2D eigenvalue weighted by Crippen LogP contribution is -2.01. The highest BCUT2D eigenvalue weighted by Gasteiger charge is 2.18. The number of hydrogen-bond donors (Lipinski definition) is 0. The number of sulfone groups is 1. The fourth-order valence-electron chi connectivity index (χ4n) is 0.907. The van der Waals surface area contributed by atoms with Crippen molar-refractivity contribution in [3.05, 3.63) is 10.4 Å². The van der Waals surface area contributed by atoms with Gasteiger partial charge in [0.1, 0.15) is 0 Å². The summed E-state index contributed by atoms with van der Waals surface area (Å²) < 4.78 is 22.3. The van der Waals surface area contributed by atoms with Gasteiger partial charge in [0.05, 0.1) is 5.51 Å². The zero-order valence-electron chi connectivity index (χ0n) is 7.23. The van der Waals surface area contributed by atoms with E-state index in [-0.39, 0.29) is 10.9 Å². The Balaban J connectivity index is 3.26. The second-order valence-electron chi connectivity index (χ2n) is 2.95. The summed E-state index contributed by atoms with van der Waals surface area (Å²) in [6.45, 7) is 3.92. The minimum Gasteiger partial charge on any atom is -0.233 e. The van der Waals surface area contributed by atoms with Gasteiger partial charge in [0.2, 0.25) is 0 Å². The maximum absolute atomic E-state index is 11.2. The maximum atomic E-state index is 11.2. The Kier molecular flexibility index (Phi) is 2.53. The van der Waals surface area contributed by atoms with Crippen LogP contribution in [0.15, 0.2) is 10.5 Å². The van der Waals surface area contributed by atoms with Crippen molar-refractivity contribution >= 4 is 21.2 Å². The van der Waals surface area contributed by atoms with Gasteiger partial charge in [-0.05, 0) is 5.92 Å². The average Bonchev–Trinajstić information content (AvgIpc) is 2.30. The molecule has 12 heavy (non-hydrogen) atoms. The summed E-state index contributed by atoms with van der Waals surface area (Å²) >= 11 is 1.39. The fraction of sp³-hybridized carbons (Fsp3) is 0.571. The molecule has 68 valence electrons. The molecule has 0 spiro atoms. The van der Waals surface area contributed by atoms with Gasteiger partial charge < -0.3 is 0 Å². The predicted octanol–water partition coefficient (Wildman–Crippen LogP) is 1.67. The molecule has 0 saturated heterocycles. The lowest BCUT2D eigenvalue weighted by atomic mass is 10.2. The van der Waals surface area contributed by atoms with Crippen molar-refractivity contribution in [1.82, 2.24) is 4.98 Å². The van der Waals surface area contributed by atoms with Gasteiger partial charge in [0.25, 0.3) is 0 Å². The molecule has 0 radical (unpaired) electrons. The Morgan fingerprint density at radius 2 is 2.08 bits per heavy atom. The van der Waals surface area contributed by atoms with Gasteiger partial charge in [0.15, 0.2) is 14.9 Å². The fourth-order valence-corrected chi connectivity index (χ4v) is 3.11. The van der Waals surface area contributed by atoms with Gasteiger partial charge in [-0.3, -0.25) is 0 Å². The van der Waals surface area contributed by atoms with Crippen LogP contribution in [0.5, 0.6) is 0 Å². The molecular formula is C7H11NO2S2. The van der Waals surface area contributed by atoms with Gasteiger partial charge in [0, 0.05) is 11.1 Å². The van der Waals surface area contributed by atoms with Gasteiger partial charge in [-0.2, -0.15) is 0 Å². The van der Waals surface area contributed by atoms with Gasteiger partial charge in [-0.1, -0.05) is 13.8 Å². The molecule has 0 unspecified atom stereocenters. The van der Waals surface area contributed by atoms with Crippen molar-refractivity contribution in [2.24, 2.45) is 0 Å². The molecule has 0 atom stereocenters. The molecule has 1 aromatic heterocycles. The van der Waals surface area contributed by atoms with Crippen LogP contribution in [-0.4, -0.2) is 19.7 Å². The van der Waals surface area contributed by atoms with Crippen molar-refractivity contribution in [3.8, 4) is 0 Å². The predicted molar refractivity (Wildman–Crippen MR) is 49.3 cm³/mol. The van der Waals surface area contributed by atoms with E-state index in [1.165, 1.54) is 17.6 Å². The third kappa shape index (κ3) is 1.84. The minimum absolute atomic E-state index is 0.224. The number of nitrogens with zero attached hydrogens (tertiary/aromatic N) is 1. The van der Waals surface area contributed by atoms with Crippen LogP contribution in [0.3, 0.4) is 0 Å². The second kappa shape index (κ2) is 3.14. The van der Waals surface area contributed by atoms with Crippen LogP contribution >= 0.6 is 11.3 Å². The highest BCUT2D eigenvalue weighted by Crippen LogP contribution is 2.26. The Labute approximate surface area is 76.4 Å². The first-order valence-corrected chi connectivity index (χ1v) is 6.33. The monoisotopic (exact) mass is 205 g/mol. The van der Waals surface area contributed by atoms with Crippen LogP contribution in [0, 0.1) is 0 Å². The molecule has 1 heterocycles. The SMILES string of the molecule is CC(C)c1scnc1S(C)(=O)=O. The number of thiazole rings is 1. The van der Waals surface area contributed by atoms with E-state index in [2.05, 4.69) is 4.98 Å². The largest absolute Gasteiger partial charge is 0.233 e. The van der Waals surface area contributed by atoms with Crippen molar-refractivity contribution < 1.29 is 8.42 Å². The van der Waals surface area contributed by atoms with Crippen molar-refractivity contribution in [2.45, 2.75) is 24.8 Å². The smallest absolute Gasteiger partial charge is 0.193 e. The topological polar surface area (TPSA) is 47.0 Å². The van der Waals surface area contributed by atoms with Gasteiger partial charge >= 0.3 is 0 Å². The Morgan fingerprint density at radius 1 is 1.50 bits per heavy atom. The van der Waals surface area contributed by atoms with E-state index >= 15 is 0 Å². The summed E-state index contributed by atoms with van der Waals surface area (Å²) in [5.74, 6) is 0.224. The molecule has 0 saturated carbocycles. The molecule has 0 fully saturated rings. The van der Waals surface area contributed by atoms with E-state index in [4.69, 9.17) is 0 Å². The van der Waals surface area contributed by atoms with Crippen molar-refractivity contribution in [2.75, 3.05) is 6.26 Å². The Hall–Kier alpha value is -0.420. The number of aromatic nitrogens is 1. The van der Waals surface area contributed by atoms with Crippen LogP contribution in [0.4, 0.5) is 0 Å². The van der Waals surface area contributed by atoms with E-state index in [9.17, 15) is 8.42 Å². The van der Waals surface area contributed by atoms with E-state index in [0.29, 0.717) is 0 Å². The quantitative estimate of drug-likeness (QED) is 0.738. The molecule has 0 bridgehead atoms. The van der Waals surface area contributed by atoms with Crippen LogP contribution in [0.2, 0.25) is 0 Å². The zero-order chi connectivity index (χ0) is 9.35. The van der Waals surface area contributed by atoms with E-state index in [0.717, 1.165) is 4.88 Å². The minimum atomic E-state index is -3.14. The summed E-state index contributed by atoms with van der Waals surface area (Å²) in [6.07, 6.45) is 1.19. The van der Waals surface area contributed by atoms with Crippen molar-refractivity contribution in [1.29, 1.82) is 0 Å². The van der Waals surface area contributed by atoms with E-state index in [1.807, 2.05) is 13.8 Å². The summed E-state index contributed by atoms with van der Waals surface area (Å²) in [5, 5.41) is 0.238. The first kappa shape index (κ1) is 9.67. The second-order valence-corrected chi connectivity index (χ2v) is 5.77. The molecule has 0 amide bonds. The number of rotatable bonds is 2. The summed E-state index contributed by atoms with van der Waals surface area (Å²) in [5.41, 5.74) is 1.58. The third-order valence-corrected chi connectivity index (χ3v) is 3.72. The van der Waals surface area contributed by atoms with Crippen molar-refractivity contribution in [3.63, 3.8) is 0 Å². The lowest BCUT2D eigenvalue weighted by molar-refractivity contribution is 0.596. The Morgan fingerprint density at radius 3 is 2.42 bits per heavy atom. The van der Waals surface area contributed by atoms with Crippen LogP contribution in [0.25, 0.3) is 0 Å². The summed E-state index contributed by atoms with van der Waals surface area (Å²) in [6, 6.07) is 0. The Bertz CT molecular complexity index is 365. The first-order chi connectivity index (χ1) is 5.43. The maximum Gasteiger partial charge on any atom is 0.193 e. The van der Waals surface area contributed by atoms with E-state index < -0.39 is 9.84 Å². The molecule has 5 heteroatoms. The molecule has 0 aliphatic rings. The molecular weight excluding hydrogens is 194 g/mol. The molecule has 0 aromatic carbocycles. The first-order valence-electron chi connectivity index (χ1n) is 3.56. The molecule has 0 aliphatic carbocycles. The summed E-state index contributed by atoms with van der Waals surface area (Å²) in [4.78, 5) is 4.68.